The Labute approximate surface area is 165 Å². The number of nitrogens with one attached hydrogen (secondary N) is 2. The Morgan fingerprint density at radius 2 is 1.79 bits per heavy atom. The molecule has 0 bridgehead atoms. The number of imidazole rings is 1. The molecule has 0 fully saturated rings. The van der Waals surface area contributed by atoms with Gasteiger partial charge in [-0.1, -0.05) is 30.3 Å². The maximum Gasteiger partial charge on any atom is 0.323 e. The van der Waals surface area contributed by atoms with Crippen LogP contribution in [0.4, 0.5) is 0 Å². The molecule has 3 heterocycles. The SMILES string of the molecule is O=c1[nH]c2ccc(S(=O)(=O)N3CCc4sccc4[C@@H]3c3ccccc3)cc2[nH]1. The van der Waals surface area contributed by atoms with Gasteiger partial charge in [-0.25, -0.2) is 13.2 Å². The van der Waals surface area contributed by atoms with E-state index >= 15 is 0 Å². The van der Waals surface area contributed by atoms with Crippen LogP contribution in [-0.4, -0.2) is 29.2 Å². The van der Waals surface area contributed by atoms with Crippen molar-refractivity contribution >= 4 is 32.4 Å². The number of aromatic amines is 2. The van der Waals surface area contributed by atoms with Gasteiger partial charge in [0.25, 0.3) is 0 Å². The van der Waals surface area contributed by atoms with E-state index in [1.807, 2.05) is 41.8 Å². The lowest BCUT2D eigenvalue weighted by Gasteiger charge is -2.35. The van der Waals surface area contributed by atoms with Gasteiger partial charge in [-0.2, -0.15) is 4.31 Å². The maximum atomic E-state index is 13.6. The third kappa shape index (κ3) is 2.72. The van der Waals surface area contributed by atoms with E-state index in [-0.39, 0.29) is 16.6 Å². The van der Waals surface area contributed by atoms with E-state index in [1.54, 1.807) is 27.8 Å². The third-order valence-electron chi connectivity index (χ3n) is 5.13. The zero-order valence-electron chi connectivity index (χ0n) is 14.8. The van der Waals surface area contributed by atoms with Crippen LogP contribution in [0.5, 0.6) is 0 Å². The summed E-state index contributed by atoms with van der Waals surface area (Å²) in [7, 11) is -3.76. The van der Waals surface area contributed by atoms with E-state index in [1.165, 1.54) is 10.9 Å². The summed E-state index contributed by atoms with van der Waals surface area (Å²) < 4.78 is 28.7. The molecule has 5 rings (SSSR count). The van der Waals surface area contributed by atoms with Gasteiger partial charge in [-0.15, -0.1) is 11.3 Å². The molecule has 0 saturated carbocycles. The minimum atomic E-state index is -3.76. The minimum Gasteiger partial charge on any atom is -0.306 e. The van der Waals surface area contributed by atoms with Crippen molar-refractivity contribution < 1.29 is 8.42 Å². The van der Waals surface area contributed by atoms with E-state index in [2.05, 4.69) is 9.97 Å². The topological polar surface area (TPSA) is 86.0 Å². The average molecular weight is 412 g/mol. The quantitative estimate of drug-likeness (QED) is 0.543. The van der Waals surface area contributed by atoms with Crippen LogP contribution in [-0.2, 0) is 16.4 Å². The van der Waals surface area contributed by atoms with Crippen LogP contribution < -0.4 is 5.69 Å². The first-order chi connectivity index (χ1) is 13.5. The highest BCUT2D eigenvalue weighted by atomic mass is 32.2. The smallest absolute Gasteiger partial charge is 0.306 e. The van der Waals surface area contributed by atoms with Crippen molar-refractivity contribution in [1.29, 1.82) is 0 Å². The molecule has 4 aromatic rings. The molecule has 28 heavy (non-hydrogen) atoms. The predicted octanol–water partition coefficient (Wildman–Crippen LogP) is 3.25. The molecule has 0 spiro atoms. The van der Waals surface area contributed by atoms with Crippen molar-refractivity contribution in [3.05, 3.63) is 86.5 Å². The second kappa shape index (κ2) is 6.44. The first-order valence-corrected chi connectivity index (χ1v) is 11.2. The van der Waals surface area contributed by atoms with Crippen LogP contribution in [0.3, 0.4) is 0 Å². The summed E-state index contributed by atoms with van der Waals surface area (Å²) >= 11 is 1.67. The molecule has 1 aliphatic rings. The summed E-state index contributed by atoms with van der Waals surface area (Å²) in [6.45, 7) is 0.414. The number of aromatic nitrogens is 2. The van der Waals surface area contributed by atoms with E-state index < -0.39 is 10.0 Å². The number of nitrogens with zero attached hydrogens (tertiary/aromatic N) is 1. The number of sulfonamides is 1. The second-order valence-corrected chi connectivity index (χ2v) is 9.66. The summed E-state index contributed by atoms with van der Waals surface area (Å²) in [6, 6.07) is 16.1. The standard InChI is InChI=1S/C20H17N3O3S2/c24-20-21-16-7-6-14(12-17(16)22-20)28(25,26)23-10-8-18-15(9-11-27-18)19(23)13-4-2-1-3-5-13/h1-7,9,11-12,19H,8,10H2,(H2,21,22,24)/t19-/m0/s1. The zero-order valence-corrected chi connectivity index (χ0v) is 16.4. The summed E-state index contributed by atoms with van der Waals surface area (Å²) in [5.74, 6) is 0. The first kappa shape index (κ1) is 17.4. The normalized spacial score (nSPS) is 17.6. The Balaban J connectivity index is 1.65. The third-order valence-corrected chi connectivity index (χ3v) is 7.99. The molecule has 2 aromatic heterocycles. The van der Waals surface area contributed by atoms with Crippen LogP contribution in [0.15, 0.2) is 69.7 Å². The fraction of sp³-hybridized carbons (Fsp3) is 0.150. The maximum absolute atomic E-state index is 13.6. The number of hydrogen-bond donors (Lipinski definition) is 2. The van der Waals surface area contributed by atoms with E-state index in [0.29, 0.717) is 24.0 Å². The van der Waals surface area contributed by atoms with Crippen LogP contribution in [0, 0.1) is 0 Å². The first-order valence-electron chi connectivity index (χ1n) is 8.89. The van der Waals surface area contributed by atoms with E-state index in [0.717, 1.165) is 11.1 Å². The minimum absolute atomic E-state index is 0.176. The van der Waals surface area contributed by atoms with Crippen LogP contribution >= 0.6 is 11.3 Å². The summed E-state index contributed by atoms with van der Waals surface area (Å²) in [5.41, 5.74) is 2.70. The van der Waals surface area contributed by atoms with Gasteiger partial charge in [0.05, 0.1) is 22.0 Å². The molecule has 6 nitrogen and oxygen atoms in total. The second-order valence-electron chi connectivity index (χ2n) is 6.76. The molecular weight excluding hydrogens is 394 g/mol. The van der Waals surface area contributed by atoms with Gasteiger partial charge < -0.3 is 9.97 Å². The lowest BCUT2D eigenvalue weighted by atomic mass is 9.95. The fourth-order valence-corrected chi connectivity index (χ4v) is 6.37. The van der Waals surface area contributed by atoms with Crippen LogP contribution in [0.2, 0.25) is 0 Å². The molecule has 8 heteroatoms. The van der Waals surface area contributed by atoms with Crippen molar-refractivity contribution in [1.82, 2.24) is 14.3 Å². The molecule has 142 valence electrons. The van der Waals surface area contributed by atoms with Gasteiger partial charge in [0.2, 0.25) is 10.0 Å². The Kier molecular flexibility index (Phi) is 4.01. The molecule has 1 atom stereocenters. The van der Waals surface area contributed by atoms with Crippen LogP contribution in [0.1, 0.15) is 22.0 Å². The summed E-state index contributed by atoms with van der Waals surface area (Å²) in [4.78, 5) is 18.2. The van der Waals surface area contributed by atoms with Gasteiger partial charge in [0.1, 0.15) is 0 Å². The predicted molar refractivity (Wildman–Crippen MR) is 109 cm³/mol. The molecule has 0 radical (unpaired) electrons. The highest BCUT2D eigenvalue weighted by Crippen LogP contribution is 2.40. The lowest BCUT2D eigenvalue weighted by Crippen LogP contribution is -2.40. The molecule has 2 aromatic carbocycles. The van der Waals surface area contributed by atoms with Gasteiger partial charge in [0.15, 0.2) is 0 Å². The monoisotopic (exact) mass is 411 g/mol. The van der Waals surface area contributed by atoms with E-state index in [4.69, 9.17) is 0 Å². The Morgan fingerprint density at radius 3 is 2.61 bits per heavy atom. The van der Waals surface area contributed by atoms with E-state index in [9.17, 15) is 13.2 Å². The van der Waals surface area contributed by atoms with Crippen molar-refractivity contribution in [3.8, 4) is 0 Å². The number of rotatable bonds is 3. The highest BCUT2D eigenvalue weighted by molar-refractivity contribution is 7.89. The molecule has 0 saturated heterocycles. The molecule has 0 unspecified atom stereocenters. The van der Waals surface area contributed by atoms with Gasteiger partial charge in [-0.3, -0.25) is 0 Å². The van der Waals surface area contributed by atoms with Gasteiger partial charge >= 0.3 is 5.69 Å². The number of benzene rings is 2. The van der Waals surface area contributed by atoms with Crippen LogP contribution in [0.25, 0.3) is 11.0 Å². The van der Waals surface area contributed by atoms with Gasteiger partial charge in [0, 0.05) is 11.4 Å². The van der Waals surface area contributed by atoms with Crippen molar-refractivity contribution in [3.63, 3.8) is 0 Å². The summed E-state index contributed by atoms with van der Waals surface area (Å²) in [5, 5.41) is 2.02. The summed E-state index contributed by atoms with van der Waals surface area (Å²) in [6.07, 6.45) is 0.693. The Bertz CT molecular complexity index is 1320. The molecule has 0 aliphatic carbocycles. The largest absolute Gasteiger partial charge is 0.323 e. The zero-order chi connectivity index (χ0) is 19.3. The number of H-pyrrole nitrogens is 2. The highest BCUT2D eigenvalue weighted by Gasteiger charge is 2.38. The molecular formula is C20H17N3O3S2. The number of thiophene rings is 1. The number of hydrogen-bond acceptors (Lipinski definition) is 4. The van der Waals surface area contributed by atoms with Crippen molar-refractivity contribution in [2.45, 2.75) is 17.4 Å². The Morgan fingerprint density at radius 1 is 1.00 bits per heavy atom. The number of fused-ring (bicyclic) bond motifs is 2. The van der Waals surface area contributed by atoms with Crippen molar-refractivity contribution in [2.75, 3.05) is 6.54 Å². The molecule has 1 aliphatic heterocycles. The molecule has 0 amide bonds. The Hall–Kier alpha value is -2.68. The molecule has 2 N–H and O–H groups in total. The fourth-order valence-electron chi connectivity index (χ4n) is 3.84. The van der Waals surface area contributed by atoms with Gasteiger partial charge in [-0.05, 0) is 47.2 Å². The van der Waals surface area contributed by atoms with Crippen molar-refractivity contribution in [2.24, 2.45) is 0 Å². The lowest BCUT2D eigenvalue weighted by molar-refractivity contribution is 0.347. The average Bonchev–Trinajstić information content (AvgIpc) is 3.32.